The predicted octanol–water partition coefficient (Wildman–Crippen LogP) is 3.98. The van der Waals surface area contributed by atoms with Gasteiger partial charge in [0.1, 0.15) is 5.82 Å². The molecule has 0 saturated heterocycles. The highest BCUT2D eigenvalue weighted by molar-refractivity contribution is 9.10. The first-order chi connectivity index (χ1) is 10.6. The van der Waals surface area contributed by atoms with Gasteiger partial charge in [-0.05, 0) is 52.7 Å². The molecule has 4 nitrogen and oxygen atoms in total. The van der Waals surface area contributed by atoms with Gasteiger partial charge in [0, 0.05) is 23.5 Å². The number of nitrogens with zero attached hydrogens (tertiary/aromatic N) is 2. The molecule has 112 valence electrons. The second kappa shape index (κ2) is 6.32. The zero-order chi connectivity index (χ0) is 15.5. The lowest BCUT2D eigenvalue weighted by Gasteiger charge is -2.08. The van der Waals surface area contributed by atoms with Crippen molar-refractivity contribution in [3.05, 3.63) is 64.7 Å². The maximum absolute atomic E-state index is 12.1. The number of carbonyl (C=O) groups is 1. The maximum atomic E-state index is 12.1. The quantitative estimate of drug-likeness (QED) is 0.767. The van der Waals surface area contributed by atoms with E-state index in [-0.39, 0.29) is 5.91 Å². The fourth-order valence-electron chi connectivity index (χ4n) is 2.34. The molecule has 0 bridgehead atoms. The molecule has 2 heterocycles. The minimum atomic E-state index is -0.0164. The summed E-state index contributed by atoms with van der Waals surface area (Å²) in [5.74, 6) is 0.881. The number of halogens is 1. The summed E-state index contributed by atoms with van der Waals surface area (Å²) in [6.07, 6.45) is 4.79. The summed E-state index contributed by atoms with van der Waals surface area (Å²) in [5.41, 5.74) is 2.98. The van der Waals surface area contributed by atoms with Crippen LogP contribution in [0.2, 0.25) is 0 Å². The molecule has 0 aliphatic carbocycles. The average molecular weight is 358 g/mol. The zero-order valence-electron chi connectivity index (χ0n) is 12.2. The summed E-state index contributed by atoms with van der Waals surface area (Å²) in [6.45, 7) is 2.01. The Labute approximate surface area is 137 Å². The molecule has 0 aliphatic rings. The number of aromatic nitrogens is 2. The van der Waals surface area contributed by atoms with Gasteiger partial charge in [-0.3, -0.25) is 4.79 Å². The molecule has 1 amide bonds. The Morgan fingerprint density at radius 3 is 3.00 bits per heavy atom. The lowest BCUT2D eigenvalue weighted by atomic mass is 10.2. The summed E-state index contributed by atoms with van der Waals surface area (Å²) < 4.78 is 2.90. The van der Waals surface area contributed by atoms with Gasteiger partial charge in [-0.1, -0.05) is 12.1 Å². The third-order valence-electron chi connectivity index (χ3n) is 3.49. The Balaban J connectivity index is 1.65. The van der Waals surface area contributed by atoms with E-state index in [9.17, 15) is 4.79 Å². The number of benzene rings is 1. The standard InChI is InChI=1S/C17H16BrN3O/c1-12-5-6-15(14(18)10-12)20-17(22)8-7-16-19-11-13-4-2-3-9-21(13)16/h2-6,9-11H,7-8H2,1H3,(H,20,22). The molecule has 0 atom stereocenters. The number of fused-ring (bicyclic) bond motifs is 1. The first kappa shape index (κ1) is 14.8. The number of anilines is 1. The van der Waals surface area contributed by atoms with Crippen molar-refractivity contribution >= 4 is 33.0 Å². The molecule has 3 aromatic rings. The lowest BCUT2D eigenvalue weighted by Crippen LogP contribution is -2.13. The van der Waals surface area contributed by atoms with Crippen LogP contribution in [0.1, 0.15) is 17.8 Å². The molecule has 3 rings (SSSR count). The van der Waals surface area contributed by atoms with Gasteiger partial charge in [-0.15, -0.1) is 0 Å². The lowest BCUT2D eigenvalue weighted by molar-refractivity contribution is -0.116. The van der Waals surface area contributed by atoms with E-state index >= 15 is 0 Å². The van der Waals surface area contributed by atoms with E-state index in [1.165, 1.54) is 0 Å². The molecular weight excluding hydrogens is 342 g/mol. The first-order valence-electron chi connectivity index (χ1n) is 7.10. The molecular formula is C17H16BrN3O. The van der Waals surface area contributed by atoms with Crippen LogP contribution in [0.15, 0.2) is 53.3 Å². The number of hydrogen-bond donors (Lipinski definition) is 1. The molecule has 1 aromatic carbocycles. The number of amides is 1. The van der Waals surface area contributed by atoms with Crippen LogP contribution in [0.25, 0.3) is 5.52 Å². The van der Waals surface area contributed by atoms with Gasteiger partial charge in [0.2, 0.25) is 5.91 Å². The predicted molar refractivity (Wildman–Crippen MR) is 91.0 cm³/mol. The summed E-state index contributed by atoms with van der Waals surface area (Å²) >= 11 is 3.47. The van der Waals surface area contributed by atoms with E-state index in [4.69, 9.17) is 0 Å². The smallest absolute Gasteiger partial charge is 0.224 e. The SMILES string of the molecule is Cc1ccc(NC(=O)CCc2ncc3ccccn23)c(Br)c1. The van der Waals surface area contributed by atoms with Crippen molar-refractivity contribution in [2.24, 2.45) is 0 Å². The van der Waals surface area contributed by atoms with E-state index in [2.05, 4.69) is 26.2 Å². The van der Waals surface area contributed by atoms with Crippen LogP contribution in [0, 0.1) is 6.92 Å². The van der Waals surface area contributed by atoms with E-state index < -0.39 is 0 Å². The maximum Gasteiger partial charge on any atom is 0.224 e. The van der Waals surface area contributed by atoms with Crippen molar-refractivity contribution in [3.63, 3.8) is 0 Å². The molecule has 1 N–H and O–H groups in total. The van der Waals surface area contributed by atoms with E-state index in [0.717, 1.165) is 27.1 Å². The second-order valence-corrected chi connectivity index (χ2v) is 6.06. The number of pyridine rings is 1. The molecule has 22 heavy (non-hydrogen) atoms. The molecule has 0 radical (unpaired) electrons. The van der Waals surface area contributed by atoms with Gasteiger partial charge in [-0.2, -0.15) is 0 Å². The highest BCUT2D eigenvalue weighted by Gasteiger charge is 2.09. The zero-order valence-corrected chi connectivity index (χ0v) is 13.8. The van der Waals surface area contributed by atoms with Crippen LogP contribution in [0.4, 0.5) is 5.69 Å². The number of rotatable bonds is 4. The van der Waals surface area contributed by atoms with Crippen molar-refractivity contribution in [1.29, 1.82) is 0 Å². The van der Waals surface area contributed by atoms with E-state index in [1.54, 1.807) is 0 Å². The van der Waals surface area contributed by atoms with Gasteiger partial charge in [-0.25, -0.2) is 4.98 Å². The highest BCUT2D eigenvalue weighted by Crippen LogP contribution is 2.23. The van der Waals surface area contributed by atoms with Gasteiger partial charge in [0.05, 0.1) is 17.4 Å². The Kier molecular flexibility index (Phi) is 4.24. The van der Waals surface area contributed by atoms with Gasteiger partial charge in [0.25, 0.3) is 0 Å². The average Bonchev–Trinajstić information content (AvgIpc) is 2.91. The molecule has 0 fully saturated rings. The number of aryl methyl sites for hydroxylation is 2. The minimum Gasteiger partial charge on any atom is -0.325 e. The fraction of sp³-hybridized carbons (Fsp3) is 0.176. The van der Waals surface area contributed by atoms with E-state index in [0.29, 0.717) is 12.8 Å². The third kappa shape index (κ3) is 3.20. The second-order valence-electron chi connectivity index (χ2n) is 5.20. The molecule has 0 unspecified atom stereocenters. The normalized spacial score (nSPS) is 10.8. The van der Waals surface area contributed by atoms with E-state index in [1.807, 2.05) is 60.1 Å². The number of nitrogens with one attached hydrogen (secondary N) is 1. The Bertz CT molecular complexity index is 826. The summed E-state index contributed by atoms with van der Waals surface area (Å²) in [4.78, 5) is 16.5. The van der Waals surface area contributed by atoms with Crippen molar-refractivity contribution in [2.75, 3.05) is 5.32 Å². The van der Waals surface area contributed by atoms with Crippen molar-refractivity contribution in [1.82, 2.24) is 9.38 Å². The van der Waals surface area contributed by atoms with Crippen LogP contribution in [0.3, 0.4) is 0 Å². The van der Waals surface area contributed by atoms with Crippen molar-refractivity contribution in [2.45, 2.75) is 19.8 Å². The van der Waals surface area contributed by atoms with Crippen LogP contribution in [-0.4, -0.2) is 15.3 Å². The Hall–Kier alpha value is -2.14. The largest absolute Gasteiger partial charge is 0.325 e. The highest BCUT2D eigenvalue weighted by atomic mass is 79.9. The summed E-state index contributed by atoms with van der Waals surface area (Å²) in [7, 11) is 0. The minimum absolute atomic E-state index is 0.0164. The molecule has 0 saturated carbocycles. The third-order valence-corrected chi connectivity index (χ3v) is 4.15. The fourth-order valence-corrected chi connectivity index (χ4v) is 2.94. The first-order valence-corrected chi connectivity index (χ1v) is 7.90. The van der Waals surface area contributed by atoms with Crippen molar-refractivity contribution in [3.8, 4) is 0 Å². The molecule has 5 heteroatoms. The van der Waals surface area contributed by atoms with Gasteiger partial charge in [0.15, 0.2) is 0 Å². The number of imidazole rings is 1. The number of hydrogen-bond acceptors (Lipinski definition) is 2. The van der Waals surface area contributed by atoms with Gasteiger partial charge >= 0.3 is 0 Å². The van der Waals surface area contributed by atoms with Crippen LogP contribution in [0.5, 0.6) is 0 Å². The molecule has 0 aliphatic heterocycles. The molecule has 0 spiro atoms. The number of carbonyl (C=O) groups excluding carboxylic acids is 1. The Morgan fingerprint density at radius 2 is 2.18 bits per heavy atom. The van der Waals surface area contributed by atoms with Gasteiger partial charge < -0.3 is 9.72 Å². The monoisotopic (exact) mass is 357 g/mol. The molecule has 2 aromatic heterocycles. The Morgan fingerprint density at radius 1 is 1.32 bits per heavy atom. The van der Waals surface area contributed by atoms with Crippen LogP contribution < -0.4 is 5.32 Å². The summed E-state index contributed by atoms with van der Waals surface area (Å²) in [5, 5.41) is 2.93. The van der Waals surface area contributed by atoms with Crippen molar-refractivity contribution < 1.29 is 4.79 Å². The van der Waals surface area contributed by atoms with Crippen LogP contribution >= 0.6 is 15.9 Å². The topological polar surface area (TPSA) is 46.4 Å². The van der Waals surface area contributed by atoms with Crippen LogP contribution in [-0.2, 0) is 11.2 Å². The summed E-state index contributed by atoms with van der Waals surface area (Å²) in [6, 6.07) is 11.8.